The van der Waals surface area contributed by atoms with Gasteiger partial charge in [-0.25, -0.2) is 0 Å². The van der Waals surface area contributed by atoms with Crippen molar-refractivity contribution in [2.45, 2.75) is 63.0 Å². The van der Waals surface area contributed by atoms with E-state index in [-0.39, 0.29) is 0 Å². The first-order chi connectivity index (χ1) is 9.86. The van der Waals surface area contributed by atoms with Crippen molar-refractivity contribution in [2.24, 2.45) is 0 Å². The van der Waals surface area contributed by atoms with E-state index in [9.17, 15) is 0 Å². The summed E-state index contributed by atoms with van der Waals surface area (Å²) in [6.45, 7) is 0.946. The molecular formula is C18H27NO. The molecule has 1 saturated carbocycles. The van der Waals surface area contributed by atoms with Crippen molar-refractivity contribution in [2.75, 3.05) is 13.7 Å². The van der Waals surface area contributed by atoms with Crippen molar-refractivity contribution in [3.05, 3.63) is 35.4 Å². The van der Waals surface area contributed by atoms with Crippen LogP contribution in [0.2, 0.25) is 0 Å². The molecule has 0 spiro atoms. The van der Waals surface area contributed by atoms with E-state index in [1.54, 1.807) is 0 Å². The van der Waals surface area contributed by atoms with Crippen molar-refractivity contribution < 1.29 is 4.74 Å². The Hall–Kier alpha value is -0.860. The second kappa shape index (κ2) is 6.73. The van der Waals surface area contributed by atoms with Crippen LogP contribution in [0.15, 0.2) is 24.3 Å². The summed E-state index contributed by atoms with van der Waals surface area (Å²) >= 11 is 0. The summed E-state index contributed by atoms with van der Waals surface area (Å²) in [7, 11) is 2.06. The molecule has 1 aliphatic heterocycles. The molecule has 20 heavy (non-hydrogen) atoms. The van der Waals surface area contributed by atoms with Gasteiger partial charge in [0.05, 0.1) is 6.10 Å². The Morgan fingerprint density at radius 3 is 2.45 bits per heavy atom. The summed E-state index contributed by atoms with van der Waals surface area (Å²) in [5, 5.41) is 3.46. The maximum Gasteiger partial charge on any atom is 0.0593 e. The maximum atomic E-state index is 5.88. The summed E-state index contributed by atoms with van der Waals surface area (Å²) in [5.74, 6) is 0.832. The van der Waals surface area contributed by atoms with Gasteiger partial charge in [0.25, 0.3) is 0 Å². The van der Waals surface area contributed by atoms with Gasteiger partial charge >= 0.3 is 0 Å². The molecule has 2 unspecified atom stereocenters. The fourth-order valence-electron chi connectivity index (χ4n) is 3.42. The van der Waals surface area contributed by atoms with E-state index in [1.807, 2.05) is 0 Å². The standard InChI is InChI=1S/C18H27NO/c1-19-18(13-17-7-2-3-12-20-17)16-10-8-15(9-11-16)14-5-4-6-14/h8-11,14,17-19H,2-7,12-13H2,1H3. The number of benzene rings is 1. The molecule has 3 rings (SSSR count). The van der Waals surface area contributed by atoms with E-state index in [0.717, 1.165) is 18.9 Å². The zero-order valence-electron chi connectivity index (χ0n) is 12.6. The van der Waals surface area contributed by atoms with E-state index >= 15 is 0 Å². The molecular weight excluding hydrogens is 246 g/mol. The van der Waals surface area contributed by atoms with Gasteiger partial charge < -0.3 is 10.1 Å². The van der Waals surface area contributed by atoms with Gasteiger partial charge in [-0.15, -0.1) is 0 Å². The Labute approximate surface area is 122 Å². The lowest BCUT2D eigenvalue weighted by Gasteiger charge is -2.28. The van der Waals surface area contributed by atoms with Gasteiger partial charge in [-0.2, -0.15) is 0 Å². The molecule has 1 saturated heterocycles. The third kappa shape index (κ3) is 3.24. The van der Waals surface area contributed by atoms with E-state index in [0.29, 0.717) is 12.1 Å². The van der Waals surface area contributed by atoms with E-state index in [2.05, 4.69) is 36.6 Å². The van der Waals surface area contributed by atoms with Crippen molar-refractivity contribution in [1.82, 2.24) is 5.32 Å². The Morgan fingerprint density at radius 2 is 1.90 bits per heavy atom. The highest BCUT2D eigenvalue weighted by Crippen LogP contribution is 2.36. The largest absolute Gasteiger partial charge is 0.378 e. The Morgan fingerprint density at radius 1 is 1.10 bits per heavy atom. The highest BCUT2D eigenvalue weighted by molar-refractivity contribution is 5.28. The molecule has 0 amide bonds. The van der Waals surface area contributed by atoms with Gasteiger partial charge in [-0.1, -0.05) is 30.7 Å². The first kappa shape index (κ1) is 14.1. The topological polar surface area (TPSA) is 21.3 Å². The van der Waals surface area contributed by atoms with Crippen LogP contribution in [0.5, 0.6) is 0 Å². The van der Waals surface area contributed by atoms with Crippen LogP contribution < -0.4 is 5.32 Å². The van der Waals surface area contributed by atoms with Crippen LogP contribution in [0.25, 0.3) is 0 Å². The van der Waals surface area contributed by atoms with Crippen LogP contribution in [0.1, 0.15) is 68.0 Å². The maximum absolute atomic E-state index is 5.88. The zero-order valence-corrected chi connectivity index (χ0v) is 12.6. The van der Waals surface area contributed by atoms with Crippen LogP contribution in [0.3, 0.4) is 0 Å². The van der Waals surface area contributed by atoms with Crippen LogP contribution in [-0.4, -0.2) is 19.8 Å². The molecule has 2 nitrogen and oxygen atoms in total. The van der Waals surface area contributed by atoms with Crippen molar-refractivity contribution in [3.8, 4) is 0 Å². The first-order valence-electron chi connectivity index (χ1n) is 8.25. The molecule has 0 radical (unpaired) electrons. The van der Waals surface area contributed by atoms with Crippen LogP contribution in [0, 0.1) is 0 Å². The van der Waals surface area contributed by atoms with E-state index in [4.69, 9.17) is 4.74 Å². The third-order valence-corrected chi connectivity index (χ3v) is 5.04. The molecule has 1 N–H and O–H groups in total. The second-order valence-corrected chi connectivity index (χ2v) is 6.36. The summed E-state index contributed by atoms with van der Waals surface area (Å²) in [4.78, 5) is 0. The summed E-state index contributed by atoms with van der Waals surface area (Å²) < 4.78 is 5.88. The Balaban J connectivity index is 1.62. The van der Waals surface area contributed by atoms with Gasteiger partial charge in [0.2, 0.25) is 0 Å². The molecule has 1 aromatic rings. The lowest BCUT2D eigenvalue weighted by Crippen LogP contribution is -2.26. The predicted octanol–water partition coefficient (Wildman–Crippen LogP) is 4.17. The van der Waals surface area contributed by atoms with Crippen molar-refractivity contribution in [1.29, 1.82) is 0 Å². The van der Waals surface area contributed by atoms with E-state index < -0.39 is 0 Å². The zero-order chi connectivity index (χ0) is 13.8. The molecule has 110 valence electrons. The van der Waals surface area contributed by atoms with Crippen molar-refractivity contribution >= 4 is 0 Å². The predicted molar refractivity (Wildman–Crippen MR) is 83.0 cm³/mol. The van der Waals surface area contributed by atoms with Crippen LogP contribution in [0.4, 0.5) is 0 Å². The smallest absolute Gasteiger partial charge is 0.0593 e. The molecule has 2 aliphatic rings. The quantitative estimate of drug-likeness (QED) is 0.869. The lowest BCUT2D eigenvalue weighted by atomic mass is 9.79. The highest BCUT2D eigenvalue weighted by Gasteiger charge is 2.22. The fraction of sp³-hybridized carbons (Fsp3) is 0.667. The van der Waals surface area contributed by atoms with Gasteiger partial charge in [0.1, 0.15) is 0 Å². The van der Waals surface area contributed by atoms with Crippen LogP contribution in [-0.2, 0) is 4.74 Å². The Kier molecular flexibility index (Phi) is 4.74. The minimum Gasteiger partial charge on any atom is -0.378 e. The van der Waals surface area contributed by atoms with Gasteiger partial charge in [0, 0.05) is 12.6 Å². The Bertz CT molecular complexity index is 404. The van der Waals surface area contributed by atoms with Gasteiger partial charge in [0.15, 0.2) is 0 Å². The molecule has 1 heterocycles. The molecule has 1 aliphatic carbocycles. The third-order valence-electron chi connectivity index (χ3n) is 5.04. The molecule has 2 atom stereocenters. The summed E-state index contributed by atoms with van der Waals surface area (Å²) in [6, 6.07) is 9.74. The molecule has 0 aromatic heterocycles. The highest BCUT2D eigenvalue weighted by atomic mass is 16.5. The molecule has 0 bridgehead atoms. The van der Waals surface area contributed by atoms with Crippen LogP contribution >= 0.6 is 0 Å². The lowest BCUT2D eigenvalue weighted by molar-refractivity contribution is 0.00548. The second-order valence-electron chi connectivity index (χ2n) is 6.36. The SMILES string of the molecule is CNC(CC1CCCCO1)c1ccc(C2CCC2)cc1. The number of ether oxygens (including phenoxy) is 1. The number of nitrogens with one attached hydrogen (secondary N) is 1. The number of hydrogen-bond donors (Lipinski definition) is 1. The average molecular weight is 273 g/mol. The molecule has 2 heteroatoms. The fourth-order valence-corrected chi connectivity index (χ4v) is 3.42. The number of hydrogen-bond acceptors (Lipinski definition) is 2. The normalized spacial score (nSPS) is 25.1. The minimum absolute atomic E-state index is 0.425. The van der Waals surface area contributed by atoms with Crippen molar-refractivity contribution in [3.63, 3.8) is 0 Å². The summed E-state index contributed by atoms with van der Waals surface area (Å²) in [6.07, 6.45) is 9.48. The van der Waals surface area contributed by atoms with Gasteiger partial charge in [-0.3, -0.25) is 0 Å². The molecule has 1 aromatic carbocycles. The monoisotopic (exact) mass is 273 g/mol. The van der Waals surface area contributed by atoms with E-state index in [1.165, 1.54) is 49.7 Å². The minimum atomic E-state index is 0.425. The first-order valence-corrected chi connectivity index (χ1v) is 8.25. The van der Waals surface area contributed by atoms with Gasteiger partial charge in [-0.05, 0) is 62.6 Å². The summed E-state index contributed by atoms with van der Waals surface area (Å²) in [5.41, 5.74) is 2.94. The molecule has 2 fully saturated rings. The number of rotatable bonds is 5. The average Bonchev–Trinajstić information content (AvgIpc) is 2.45.